The fraction of sp³-hybridized carbons (Fsp3) is 0. The van der Waals surface area contributed by atoms with E-state index in [4.69, 9.17) is 54.0 Å². The van der Waals surface area contributed by atoms with Gasteiger partial charge in [-0.25, -0.2) is 30.5 Å². The number of rotatable bonds is 2. The molecule has 0 aliphatic rings. The Morgan fingerprint density at radius 1 is 0.833 bits per heavy atom. The van der Waals surface area contributed by atoms with E-state index in [0.29, 0.717) is 0 Å². The van der Waals surface area contributed by atoms with Crippen LogP contribution in [0.2, 0.25) is 0 Å². The minimum atomic E-state index is -4.97. The summed E-state index contributed by atoms with van der Waals surface area (Å²) in [4.78, 5) is 0. The summed E-state index contributed by atoms with van der Waals surface area (Å²) in [6.07, 6.45) is 0. The molecule has 0 bridgehead atoms. The molecule has 0 atom stereocenters. The van der Waals surface area contributed by atoms with E-state index < -0.39 is 31.2 Å². The van der Waals surface area contributed by atoms with Gasteiger partial charge in [-0.1, -0.05) is 0 Å². The zero-order chi connectivity index (χ0) is 14.9. The Labute approximate surface area is 143 Å². The van der Waals surface area contributed by atoms with Gasteiger partial charge >= 0.3 is 0 Å². The largest absolute Gasteiger partial charge is 0.726 e. The molecule has 0 rings (SSSR count). The van der Waals surface area contributed by atoms with Crippen molar-refractivity contribution in [3.63, 3.8) is 0 Å². The first-order valence-corrected chi connectivity index (χ1v) is 6.40. The zero-order valence-corrected chi connectivity index (χ0v) is 13.6. The van der Waals surface area contributed by atoms with Crippen LogP contribution in [0.25, 0.3) is 0 Å². The average Bonchev–Trinajstić information content (AvgIpc) is 2.00. The maximum Gasteiger partial charge on any atom is 0.245 e. The molecule has 0 heterocycles. The van der Waals surface area contributed by atoms with Crippen molar-refractivity contribution in [3.05, 3.63) is 0 Å². The normalized spacial score (nSPS) is 11.0. The van der Waals surface area contributed by atoms with Crippen LogP contribution >= 0.6 is 0 Å². The molecule has 14 nitrogen and oxygen atoms in total. The Morgan fingerprint density at radius 3 is 0.944 bits per heavy atom. The van der Waals surface area contributed by atoms with Gasteiger partial charge < -0.3 is 23.2 Å². The second-order valence-corrected chi connectivity index (χ2v) is 4.16. The SMILES string of the molecule is O=S(=O)([O-])O.O=S(=O)([O-])OO.O=S(=O)([O-])O[O-].[K]. The molecule has 0 aliphatic heterocycles. The second-order valence-electron chi connectivity index (χ2n) is 1.39. The van der Waals surface area contributed by atoms with Crippen LogP contribution in [0.5, 0.6) is 0 Å². The van der Waals surface area contributed by atoms with Gasteiger partial charge in [0.15, 0.2) is 0 Å². The average molecular weight is 361 g/mol. The van der Waals surface area contributed by atoms with Gasteiger partial charge in [-0.2, -0.15) is 0 Å². The standard InChI is InChI=1S/K.2H2O5S.H2O4S/c;2*1-5-6(2,3)4;1-5(2,3)4/h;2*1H,(H,2,3,4);(H2,1,2,3,4)/p-4. The maximum atomic E-state index is 8.97. The van der Waals surface area contributed by atoms with Crippen molar-refractivity contribution in [3.8, 4) is 0 Å². The number of hydrogen-bond donors (Lipinski definition) is 2. The summed E-state index contributed by atoms with van der Waals surface area (Å²) in [6, 6.07) is 0. The van der Waals surface area contributed by atoms with Crippen LogP contribution in [0, 0.1) is 0 Å². The van der Waals surface area contributed by atoms with Crippen molar-refractivity contribution in [1.29, 1.82) is 0 Å². The Bertz CT molecular complexity index is 421. The first kappa shape index (κ1) is 27.5. The molecule has 0 spiro atoms. The van der Waals surface area contributed by atoms with Crippen LogP contribution in [0.15, 0.2) is 0 Å². The van der Waals surface area contributed by atoms with E-state index in [9.17, 15) is 0 Å². The summed E-state index contributed by atoms with van der Waals surface area (Å²) in [5.41, 5.74) is 0. The third-order valence-electron chi connectivity index (χ3n) is 0.175. The fourth-order valence-electron chi connectivity index (χ4n) is 0. The first-order valence-electron chi connectivity index (χ1n) is 2.37. The van der Waals surface area contributed by atoms with E-state index in [2.05, 4.69) is 8.67 Å². The molecular weight excluding hydrogens is 359 g/mol. The Hall–Kier alpha value is 1.17. The van der Waals surface area contributed by atoms with Crippen LogP contribution in [-0.2, 0) is 39.9 Å². The zero-order valence-electron chi connectivity index (χ0n) is 8.02. The third-order valence-corrected chi connectivity index (χ3v) is 0.524. The molecule has 0 aliphatic carbocycles. The van der Waals surface area contributed by atoms with Crippen LogP contribution in [0.3, 0.4) is 0 Å². The minimum Gasteiger partial charge on any atom is -0.726 e. The van der Waals surface area contributed by atoms with Gasteiger partial charge in [-0.05, 0) is 0 Å². The molecule has 0 saturated heterocycles. The molecule has 0 saturated carbocycles. The molecule has 0 aromatic heterocycles. The Kier molecular flexibility index (Phi) is 18.3. The van der Waals surface area contributed by atoms with Crippen molar-refractivity contribution >= 4 is 82.6 Å². The summed E-state index contributed by atoms with van der Waals surface area (Å²) in [7, 11) is -14.7. The molecule has 2 N–H and O–H groups in total. The summed E-state index contributed by atoms with van der Waals surface area (Å²) < 4.78 is 90.9. The minimum absolute atomic E-state index is 0. The van der Waals surface area contributed by atoms with Crippen molar-refractivity contribution in [1.82, 2.24) is 0 Å². The predicted octanol–water partition coefficient (Wildman–Crippen LogP) is -4.70. The third kappa shape index (κ3) is 87.4. The van der Waals surface area contributed by atoms with Crippen molar-refractivity contribution in [2.24, 2.45) is 0 Å². The van der Waals surface area contributed by atoms with Gasteiger partial charge in [0.25, 0.3) is 0 Å². The smallest absolute Gasteiger partial charge is 0.245 e. The topological polar surface area (TPSA) is 254 Å². The van der Waals surface area contributed by atoms with Gasteiger partial charge in [0.05, 0.1) is 0 Å². The summed E-state index contributed by atoms with van der Waals surface area (Å²) in [5.74, 6) is 0. The quantitative estimate of drug-likeness (QED) is 0.154. The molecule has 18 heavy (non-hydrogen) atoms. The maximum absolute atomic E-state index is 8.97. The molecule has 0 amide bonds. The molecule has 1 radical (unpaired) electrons. The summed E-state index contributed by atoms with van der Waals surface area (Å²) in [5, 5.41) is 15.6. The molecule has 18 heteroatoms. The molecule has 0 fully saturated rings. The molecule has 0 aromatic rings. The van der Waals surface area contributed by atoms with Crippen molar-refractivity contribution in [2.75, 3.05) is 0 Å². The van der Waals surface area contributed by atoms with Crippen molar-refractivity contribution < 1.29 is 62.6 Å². The Morgan fingerprint density at radius 2 is 0.944 bits per heavy atom. The van der Waals surface area contributed by atoms with Crippen molar-refractivity contribution in [2.45, 2.75) is 0 Å². The van der Waals surface area contributed by atoms with Gasteiger partial charge in [-0.3, -0.25) is 4.55 Å². The van der Waals surface area contributed by atoms with E-state index in [-0.39, 0.29) is 51.4 Å². The van der Waals surface area contributed by atoms with E-state index in [1.54, 1.807) is 0 Å². The predicted molar refractivity (Wildman–Crippen MR) is 42.3 cm³/mol. The molecule has 0 aromatic carbocycles. The number of hydrogen-bond acceptors (Lipinski definition) is 13. The van der Waals surface area contributed by atoms with Crippen LogP contribution in [-0.4, -0.2) is 100 Å². The van der Waals surface area contributed by atoms with Gasteiger partial charge in [0.2, 0.25) is 31.2 Å². The molecular formula is H2KO14S3-4. The van der Waals surface area contributed by atoms with Crippen LogP contribution in [0.4, 0.5) is 0 Å². The molecule has 109 valence electrons. The van der Waals surface area contributed by atoms with Crippen LogP contribution < -0.4 is 5.26 Å². The molecule has 0 unspecified atom stereocenters. The van der Waals surface area contributed by atoms with E-state index in [1.807, 2.05) is 0 Å². The van der Waals surface area contributed by atoms with E-state index >= 15 is 0 Å². The summed E-state index contributed by atoms with van der Waals surface area (Å²) in [6.45, 7) is 0. The van der Waals surface area contributed by atoms with Gasteiger partial charge in [0.1, 0.15) is 0 Å². The fourth-order valence-corrected chi connectivity index (χ4v) is 0. The summed E-state index contributed by atoms with van der Waals surface area (Å²) >= 11 is 0. The monoisotopic (exact) mass is 361 g/mol. The van der Waals surface area contributed by atoms with E-state index in [1.165, 1.54) is 0 Å². The Balaban J connectivity index is -0.0000000799. The van der Waals surface area contributed by atoms with Gasteiger partial charge in [0, 0.05) is 51.4 Å². The van der Waals surface area contributed by atoms with Crippen LogP contribution in [0.1, 0.15) is 0 Å². The first-order chi connectivity index (χ1) is 7.12. The van der Waals surface area contributed by atoms with Gasteiger partial charge in [-0.15, -0.1) is 4.33 Å². The van der Waals surface area contributed by atoms with E-state index in [0.717, 1.165) is 0 Å². The second kappa shape index (κ2) is 11.9.